The molecule has 23 heteroatoms. The normalized spacial score (nSPS) is 31.6. The lowest BCUT2D eigenvalue weighted by Crippen LogP contribution is -2.46. The fourth-order valence-electron chi connectivity index (χ4n) is 4.57. The Labute approximate surface area is 246 Å². The van der Waals surface area contributed by atoms with Crippen molar-refractivity contribution in [2.45, 2.75) is 49.1 Å². The summed E-state index contributed by atoms with van der Waals surface area (Å²) in [5.74, 6) is -0.729. The lowest BCUT2D eigenvalue weighted by molar-refractivity contribution is -0.765. The van der Waals surface area contributed by atoms with Crippen molar-refractivity contribution >= 4 is 38.5 Å². The summed E-state index contributed by atoms with van der Waals surface area (Å²) >= 11 is 0. The van der Waals surface area contributed by atoms with Crippen LogP contribution in [0.5, 0.6) is 0 Å². The average Bonchev–Trinajstić information content (AvgIpc) is 3.61. The first-order valence-corrected chi connectivity index (χ1v) is 15.5. The van der Waals surface area contributed by atoms with Gasteiger partial charge in [-0.25, -0.2) is 23.8 Å². The zero-order valence-corrected chi connectivity index (χ0v) is 24.0. The van der Waals surface area contributed by atoms with Crippen LogP contribution in [-0.4, -0.2) is 101 Å². The summed E-state index contributed by atoms with van der Waals surface area (Å²) in [6.45, 7) is -1.89. The SMILES string of the molecule is NC(=O)c1ccc[n+]([C@@H]2O[C@H](COP(=O)([O-])OP(=O)(O)OCC3OC(n4cnc5c(N)ncnc54)[C@H](O)[C@@H]3O)C(O)C2O)c1. The van der Waals surface area contributed by atoms with E-state index in [1.807, 2.05) is 0 Å². The molecular formula is C21H27N7O14P2. The molecule has 3 aromatic rings. The second-order valence-electron chi connectivity index (χ2n) is 9.67. The highest BCUT2D eigenvalue weighted by atomic mass is 31.3. The smallest absolute Gasteiger partial charge is 0.478 e. The number of nitrogens with zero attached hydrogens (tertiary/aromatic N) is 5. The number of aromatic nitrogens is 5. The molecule has 2 saturated heterocycles. The van der Waals surface area contributed by atoms with E-state index in [0.29, 0.717) is 0 Å². The molecule has 9 N–H and O–H groups in total. The van der Waals surface area contributed by atoms with Crippen LogP contribution < -0.4 is 20.9 Å². The molecule has 0 radical (unpaired) electrons. The molecule has 240 valence electrons. The molecule has 21 nitrogen and oxygen atoms in total. The Kier molecular flexibility index (Phi) is 9.13. The molecular weight excluding hydrogens is 636 g/mol. The van der Waals surface area contributed by atoms with Crippen LogP contribution in [0, 0.1) is 0 Å². The molecule has 0 aliphatic carbocycles. The summed E-state index contributed by atoms with van der Waals surface area (Å²) in [6, 6.07) is 2.82. The van der Waals surface area contributed by atoms with Crippen LogP contribution in [0.4, 0.5) is 5.82 Å². The van der Waals surface area contributed by atoms with E-state index >= 15 is 0 Å². The van der Waals surface area contributed by atoms with Gasteiger partial charge in [0.15, 0.2) is 36.2 Å². The molecule has 44 heavy (non-hydrogen) atoms. The van der Waals surface area contributed by atoms with Gasteiger partial charge in [0.25, 0.3) is 20.0 Å². The number of aliphatic hydroxyl groups is 4. The van der Waals surface area contributed by atoms with E-state index < -0.39 is 83.8 Å². The molecule has 0 aromatic carbocycles. The highest BCUT2D eigenvalue weighted by molar-refractivity contribution is 7.60. The van der Waals surface area contributed by atoms with Gasteiger partial charge in [-0.2, -0.15) is 4.57 Å². The number of hydrogen-bond acceptors (Lipinski definition) is 17. The van der Waals surface area contributed by atoms with Crippen LogP contribution >= 0.6 is 15.6 Å². The Bertz CT molecular complexity index is 1630. The Morgan fingerprint density at radius 1 is 1.05 bits per heavy atom. The topological polar surface area (TPSA) is 321 Å². The molecule has 2 aliphatic rings. The van der Waals surface area contributed by atoms with Crippen LogP contribution in [0.3, 0.4) is 0 Å². The molecule has 0 spiro atoms. The van der Waals surface area contributed by atoms with Crippen molar-refractivity contribution in [3.8, 4) is 0 Å². The van der Waals surface area contributed by atoms with E-state index in [0.717, 1.165) is 6.33 Å². The summed E-state index contributed by atoms with van der Waals surface area (Å²) in [6.07, 6.45) is -7.05. The zero-order chi connectivity index (χ0) is 32.0. The molecule has 1 amide bonds. The van der Waals surface area contributed by atoms with Gasteiger partial charge in [0.2, 0.25) is 0 Å². The Morgan fingerprint density at radius 3 is 2.45 bits per heavy atom. The third-order valence-electron chi connectivity index (χ3n) is 6.74. The Morgan fingerprint density at radius 2 is 1.73 bits per heavy atom. The highest BCUT2D eigenvalue weighted by Gasteiger charge is 2.49. The third-order valence-corrected chi connectivity index (χ3v) is 9.30. The van der Waals surface area contributed by atoms with Gasteiger partial charge in [-0.15, -0.1) is 0 Å². The second kappa shape index (κ2) is 12.4. The van der Waals surface area contributed by atoms with Gasteiger partial charge in [-0.05, 0) is 6.07 Å². The van der Waals surface area contributed by atoms with E-state index in [2.05, 4.69) is 28.3 Å². The quantitative estimate of drug-likeness (QED) is 0.0768. The maximum Gasteiger partial charge on any atom is 0.478 e. The van der Waals surface area contributed by atoms with E-state index in [1.54, 1.807) is 0 Å². The van der Waals surface area contributed by atoms with Crippen molar-refractivity contribution in [2.75, 3.05) is 18.9 Å². The number of ether oxygens (including phenoxy) is 2. The van der Waals surface area contributed by atoms with Crippen LogP contribution in [0.1, 0.15) is 22.8 Å². The van der Waals surface area contributed by atoms with Gasteiger partial charge < -0.3 is 55.7 Å². The molecule has 2 fully saturated rings. The lowest BCUT2D eigenvalue weighted by atomic mass is 10.1. The predicted molar refractivity (Wildman–Crippen MR) is 137 cm³/mol. The number of primary amides is 1. The number of carbonyl (C=O) groups excluding carboxylic acids is 1. The highest BCUT2D eigenvalue weighted by Crippen LogP contribution is 2.58. The minimum Gasteiger partial charge on any atom is -0.756 e. The number of rotatable bonds is 11. The fourth-order valence-corrected chi connectivity index (χ4v) is 6.62. The van der Waals surface area contributed by atoms with Gasteiger partial charge in [-0.3, -0.25) is 18.5 Å². The average molecular weight is 663 g/mol. The number of phosphoric acid groups is 2. The largest absolute Gasteiger partial charge is 0.756 e. The molecule has 5 heterocycles. The van der Waals surface area contributed by atoms with Crippen molar-refractivity contribution in [3.63, 3.8) is 0 Å². The first-order chi connectivity index (χ1) is 20.7. The first-order valence-electron chi connectivity index (χ1n) is 12.6. The minimum absolute atomic E-state index is 0.0446. The first kappa shape index (κ1) is 32.4. The maximum atomic E-state index is 12.4. The van der Waals surface area contributed by atoms with Crippen molar-refractivity contribution in [1.82, 2.24) is 19.5 Å². The molecule has 3 aromatic heterocycles. The van der Waals surface area contributed by atoms with Crippen molar-refractivity contribution in [3.05, 3.63) is 42.7 Å². The van der Waals surface area contributed by atoms with Gasteiger partial charge >= 0.3 is 7.82 Å². The molecule has 5 rings (SSSR count). The maximum absolute atomic E-state index is 12.4. The number of imidazole rings is 1. The third kappa shape index (κ3) is 6.65. The van der Waals surface area contributed by atoms with E-state index in [9.17, 15) is 44.1 Å². The van der Waals surface area contributed by atoms with Crippen LogP contribution in [0.2, 0.25) is 0 Å². The van der Waals surface area contributed by atoms with Crippen LogP contribution in [0.15, 0.2) is 37.2 Å². The van der Waals surface area contributed by atoms with E-state index in [-0.39, 0.29) is 22.5 Å². The van der Waals surface area contributed by atoms with Gasteiger partial charge in [0.1, 0.15) is 47.9 Å². The number of amides is 1. The zero-order valence-electron chi connectivity index (χ0n) is 22.2. The summed E-state index contributed by atoms with van der Waals surface area (Å²) in [5.41, 5.74) is 11.4. The number of nitrogens with two attached hydrogens (primary N) is 2. The number of fused-ring (bicyclic) bond motifs is 1. The number of hydrogen-bond donors (Lipinski definition) is 7. The molecule has 0 saturated carbocycles. The standard InChI is InChI=1S/C21H27N7O14P2/c22-17-12-19(25-7-24-17)28(8-26-12)21-16(32)14(30)11(41-21)6-39-44(36,37)42-43(34,35)38-5-10-13(29)15(31)20(40-10)27-3-1-2-9(4-27)18(23)33/h1-4,7-8,10-11,13-16,20-21,29-32H,5-6H2,(H5-,22,23,24,25,33,34,35,36,37)/t10-,11?,13?,14-,15?,16-,20-,21?/m1/s1. The molecule has 6 unspecified atom stereocenters. The second-order valence-corrected chi connectivity index (χ2v) is 12.7. The number of phosphoric ester groups is 2. The van der Waals surface area contributed by atoms with Crippen LogP contribution in [0.25, 0.3) is 11.2 Å². The minimum atomic E-state index is -5.62. The number of aliphatic hydroxyl groups excluding tert-OH is 4. The van der Waals surface area contributed by atoms with Crippen molar-refractivity contribution < 1.29 is 71.5 Å². The van der Waals surface area contributed by atoms with Crippen LogP contribution in [-0.2, 0) is 32.0 Å². The van der Waals surface area contributed by atoms with E-state index in [4.69, 9.17) is 20.9 Å². The number of nitrogen functional groups attached to an aromatic ring is 1. The molecule has 10 atom stereocenters. The lowest BCUT2D eigenvalue weighted by Gasteiger charge is -2.26. The summed E-state index contributed by atoms with van der Waals surface area (Å²) in [5, 5.41) is 41.6. The number of anilines is 1. The molecule has 2 aliphatic heterocycles. The summed E-state index contributed by atoms with van der Waals surface area (Å²) in [7, 11) is -11.0. The Hall–Kier alpha value is -3.01. The molecule has 0 bridgehead atoms. The summed E-state index contributed by atoms with van der Waals surface area (Å²) < 4.78 is 51.5. The Balaban J connectivity index is 1.16. The summed E-state index contributed by atoms with van der Waals surface area (Å²) in [4.78, 5) is 45.5. The van der Waals surface area contributed by atoms with E-state index in [1.165, 1.54) is 40.0 Å². The monoisotopic (exact) mass is 663 g/mol. The van der Waals surface area contributed by atoms with Gasteiger partial charge in [-0.1, -0.05) is 0 Å². The van der Waals surface area contributed by atoms with Gasteiger partial charge in [0.05, 0.1) is 19.5 Å². The number of pyridine rings is 1. The van der Waals surface area contributed by atoms with Crippen molar-refractivity contribution in [1.29, 1.82) is 0 Å². The fraction of sp³-hybridized carbons (Fsp3) is 0.476. The predicted octanol–water partition coefficient (Wildman–Crippen LogP) is -3.65. The number of carbonyl (C=O) groups is 1. The van der Waals surface area contributed by atoms with Gasteiger partial charge in [0, 0.05) is 6.07 Å². The van der Waals surface area contributed by atoms with Crippen molar-refractivity contribution in [2.24, 2.45) is 5.73 Å².